The van der Waals surface area contributed by atoms with Gasteiger partial charge in [-0.25, -0.2) is 9.48 Å². The highest BCUT2D eigenvalue weighted by Crippen LogP contribution is 2.32. The molecule has 0 bridgehead atoms. The van der Waals surface area contributed by atoms with E-state index in [1.54, 1.807) is 0 Å². The molecule has 0 fully saturated rings. The van der Waals surface area contributed by atoms with Crippen molar-refractivity contribution in [2.24, 2.45) is 0 Å². The molecule has 1 heterocycles. The molecule has 10 heteroatoms. The molecular formula is C12H7F5N2O3. The van der Waals surface area contributed by atoms with Crippen molar-refractivity contribution < 1.29 is 36.6 Å². The van der Waals surface area contributed by atoms with Gasteiger partial charge >= 0.3 is 18.8 Å². The van der Waals surface area contributed by atoms with E-state index in [1.807, 2.05) is 0 Å². The molecule has 118 valence electrons. The zero-order valence-electron chi connectivity index (χ0n) is 10.5. The maximum Gasteiger partial charge on any atom is 0.435 e. The first-order valence-corrected chi connectivity index (χ1v) is 5.64. The topological polar surface area (TPSA) is 64.3 Å². The fraction of sp³-hybridized carbons (Fsp3) is 0.167. The predicted molar refractivity (Wildman–Crippen MR) is 62.2 cm³/mol. The summed E-state index contributed by atoms with van der Waals surface area (Å²) in [6.07, 6.45) is -4.84. The van der Waals surface area contributed by atoms with Gasteiger partial charge in [-0.3, -0.25) is 0 Å². The monoisotopic (exact) mass is 322 g/mol. The number of halogens is 5. The first-order chi connectivity index (χ1) is 10.2. The Hall–Kier alpha value is -2.65. The second kappa shape index (κ2) is 5.62. The largest absolute Gasteiger partial charge is 0.478 e. The molecule has 1 aromatic carbocycles. The minimum absolute atomic E-state index is 0.0591. The van der Waals surface area contributed by atoms with Crippen LogP contribution < -0.4 is 4.74 Å². The van der Waals surface area contributed by atoms with Crippen molar-refractivity contribution in [3.05, 3.63) is 41.6 Å². The number of aromatic carboxylic acids is 1. The number of carboxylic acids is 1. The lowest BCUT2D eigenvalue weighted by Crippen LogP contribution is -2.09. The Labute approximate surface area is 119 Å². The van der Waals surface area contributed by atoms with E-state index in [0.29, 0.717) is 10.7 Å². The number of rotatable bonds is 4. The van der Waals surface area contributed by atoms with Crippen LogP contribution in [0.2, 0.25) is 0 Å². The van der Waals surface area contributed by atoms with Gasteiger partial charge < -0.3 is 9.84 Å². The normalized spacial score (nSPS) is 11.7. The summed E-state index contributed by atoms with van der Waals surface area (Å²) in [5.74, 6) is -2.06. The van der Waals surface area contributed by atoms with Crippen LogP contribution in [0.25, 0.3) is 5.69 Å². The summed E-state index contributed by atoms with van der Waals surface area (Å²) in [7, 11) is 0. The zero-order valence-corrected chi connectivity index (χ0v) is 10.5. The fourth-order valence-corrected chi connectivity index (χ4v) is 1.61. The van der Waals surface area contributed by atoms with Crippen molar-refractivity contribution >= 4 is 5.97 Å². The highest BCUT2D eigenvalue weighted by atomic mass is 19.4. The lowest BCUT2D eigenvalue weighted by atomic mass is 10.2. The average molecular weight is 322 g/mol. The number of hydrogen-bond donors (Lipinski definition) is 1. The second-order valence-electron chi connectivity index (χ2n) is 4.01. The Kier molecular flexibility index (Phi) is 4.02. The van der Waals surface area contributed by atoms with Gasteiger partial charge in [-0.15, -0.1) is 0 Å². The molecule has 2 aromatic rings. The molecule has 0 amide bonds. The molecule has 1 N–H and O–H groups in total. The Balaban J connectivity index is 2.47. The molecule has 1 aromatic heterocycles. The third-order valence-electron chi connectivity index (χ3n) is 2.54. The van der Waals surface area contributed by atoms with Crippen molar-refractivity contribution in [2.45, 2.75) is 12.8 Å². The number of hydrogen-bond acceptors (Lipinski definition) is 3. The molecule has 0 saturated heterocycles. The van der Waals surface area contributed by atoms with Gasteiger partial charge in [0.15, 0.2) is 5.69 Å². The molecule has 0 unspecified atom stereocenters. The van der Waals surface area contributed by atoms with Crippen LogP contribution in [0.1, 0.15) is 16.1 Å². The SMILES string of the molecule is O=C(O)c1ccc(-n2nc(C(F)(F)F)cc2OC(F)F)cc1. The summed E-state index contributed by atoms with van der Waals surface area (Å²) in [5, 5.41) is 11.9. The van der Waals surface area contributed by atoms with Gasteiger partial charge in [0.05, 0.1) is 11.3 Å². The molecule has 0 aliphatic rings. The molecule has 0 radical (unpaired) electrons. The summed E-state index contributed by atoms with van der Waals surface area (Å²) < 4.78 is 66.9. The van der Waals surface area contributed by atoms with Crippen LogP contribution in [0.4, 0.5) is 22.0 Å². The second-order valence-corrected chi connectivity index (χ2v) is 4.01. The van der Waals surface area contributed by atoms with Gasteiger partial charge in [0, 0.05) is 6.07 Å². The van der Waals surface area contributed by atoms with Crippen LogP contribution in [0.15, 0.2) is 30.3 Å². The number of benzene rings is 1. The van der Waals surface area contributed by atoms with Crippen LogP contribution in [-0.4, -0.2) is 27.5 Å². The lowest BCUT2D eigenvalue weighted by molar-refractivity contribution is -0.141. The van der Waals surface area contributed by atoms with E-state index in [0.717, 1.165) is 24.3 Å². The Morgan fingerprint density at radius 3 is 2.27 bits per heavy atom. The fourth-order valence-electron chi connectivity index (χ4n) is 1.61. The van der Waals surface area contributed by atoms with Crippen molar-refractivity contribution in [3.8, 4) is 11.6 Å². The zero-order chi connectivity index (χ0) is 16.5. The van der Waals surface area contributed by atoms with Gasteiger partial charge in [-0.1, -0.05) is 0 Å². The van der Waals surface area contributed by atoms with Crippen LogP contribution >= 0.6 is 0 Å². The molecule has 0 aliphatic carbocycles. The molecule has 0 saturated carbocycles. The van der Waals surface area contributed by atoms with Crippen molar-refractivity contribution in [3.63, 3.8) is 0 Å². The third-order valence-corrected chi connectivity index (χ3v) is 2.54. The van der Waals surface area contributed by atoms with Crippen LogP contribution in [-0.2, 0) is 6.18 Å². The number of carboxylic acid groups (broad SMARTS) is 1. The van der Waals surface area contributed by atoms with E-state index < -0.39 is 30.3 Å². The number of carbonyl (C=O) groups is 1. The molecule has 5 nitrogen and oxygen atoms in total. The summed E-state index contributed by atoms with van der Waals surface area (Å²) in [6.45, 7) is -3.34. The Morgan fingerprint density at radius 2 is 1.82 bits per heavy atom. The minimum atomic E-state index is -4.84. The lowest BCUT2D eigenvalue weighted by Gasteiger charge is -2.08. The van der Waals surface area contributed by atoms with E-state index in [1.165, 1.54) is 0 Å². The van der Waals surface area contributed by atoms with E-state index >= 15 is 0 Å². The summed E-state index contributed by atoms with van der Waals surface area (Å²) >= 11 is 0. The quantitative estimate of drug-likeness (QED) is 0.878. The molecule has 0 atom stereocenters. The highest BCUT2D eigenvalue weighted by molar-refractivity contribution is 5.87. The van der Waals surface area contributed by atoms with Gasteiger partial charge in [0.1, 0.15) is 0 Å². The Bertz CT molecular complexity index is 679. The minimum Gasteiger partial charge on any atom is -0.478 e. The van der Waals surface area contributed by atoms with Crippen molar-refractivity contribution in [1.29, 1.82) is 0 Å². The molecule has 0 spiro atoms. The summed E-state index contributed by atoms with van der Waals surface area (Å²) in [4.78, 5) is 10.7. The number of aromatic nitrogens is 2. The molecular weight excluding hydrogens is 315 g/mol. The van der Waals surface area contributed by atoms with Crippen molar-refractivity contribution in [1.82, 2.24) is 9.78 Å². The molecule has 22 heavy (non-hydrogen) atoms. The van der Waals surface area contributed by atoms with E-state index in [9.17, 15) is 26.7 Å². The van der Waals surface area contributed by atoms with Gasteiger partial charge in [-0.05, 0) is 24.3 Å². The standard InChI is InChI=1S/C12H7F5N2O3/c13-11(14)22-9-5-8(12(15,16)17)18-19(9)7-3-1-6(2-4-7)10(20)21/h1-5,11H,(H,20,21). The van der Waals surface area contributed by atoms with Crippen LogP contribution in [0, 0.1) is 0 Å². The first kappa shape index (κ1) is 15.7. The smallest absolute Gasteiger partial charge is 0.435 e. The maximum absolute atomic E-state index is 12.6. The van der Waals surface area contributed by atoms with Gasteiger partial charge in [0.25, 0.3) is 0 Å². The highest BCUT2D eigenvalue weighted by Gasteiger charge is 2.36. The number of ether oxygens (including phenoxy) is 1. The van der Waals surface area contributed by atoms with Gasteiger partial charge in [0.2, 0.25) is 5.88 Å². The van der Waals surface area contributed by atoms with E-state index in [4.69, 9.17) is 5.11 Å². The first-order valence-electron chi connectivity index (χ1n) is 5.64. The predicted octanol–water partition coefficient (Wildman–Crippen LogP) is 3.19. The van der Waals surface area contributed by atoms with E-state index in [2.05, 4.69) is 9.84 Å². The molecule has 2 rings (SSSR count). The summed E-state index contributed by atoms with van der Waals surface area (Å²) in [6, 6.07) is 4.76. The number of nitrogens with zero attached hydrogens (tertiary/aromatic N) is 2. The average Bonchev–Trinajstić information content (AvgIpc) is 2.82. The molecule has 0 aliphatic heterocycles. The Morgan fingerprint density at radius 1 is 1.23 bits per heavy atom. The maximum atomic E-state index is 12.6. The third kappa shape index (κ3) is 3.32. The number of alkyl halides is 5. The van der Waals surface area contributed by atoms with Crippen molar-refractivity contribution in [2.75, 3.05) is 0 Å². The van der Waals surface area contributed by atoms with Gasteiger partial charge in [-0.2, -0.15) is 27.1 Å². The van der Waals surface area contributed by atoms with Crippen LogP contribution in [0.3, 0.4) is 0 Å². The van der Waals surface area contributed by atoms with Crippen LogP contribution in [0.5, 0.6) is 5.88 Å². The van der Waals surface area contributed by atoms with E-state index in [-0.39, 0.29) is 11.3 Å². The summed E-state index contributed by atoms with van der Waals surface area (Å²) in [5.41, 5.74) is -1.59.